The second-order valence-corrected chi connectivity index (χ2v) is 6.91. The van der Waals surface area contributed by atoms with E-state index in [1.807, 2.05) is 0 Å². The Morgan fingerprint density at radius 2 is 1.81 bits per heavy atom. The number of rotatable bonds is 8. The van der Waals surface area contributed by atoms with E-state index < -0.39 is 0 Å². The molecule has 1 fully saturated rings. The van der Waals surface area contributed by atoms with Crippen LogP contribution >= 0.6 is 0 Å². The highest BCUT2D eigenvalue weighted by Crippen LogP contribution is 2.13. The molecule has 146 valence electrons. The molecule has 1 aliphatic rings. The summed E-state index contributed by atoms with van der Waals surface area (Å²) in [7, 11) is 3.51. The van der Waals surface area contributed by atoms with Crippen molar-refractivity contribution in [1.29, 1.82) is 0 Å². The maximum Gasteiger partial charge on any atom is 0.191 e. The third-order valence-corrected chi connectivity index (χ3v) is 4.89. The van der Waals surface area contributed by atoms with Crippen LogP contribution in [0.3, 0.4) is 0 Å². The molecule has 1 aromatic rings. The molecule has 0 amide bonds. The van der Waals surface area contributed by atoms with Crippen LogP contribution in [-0.2, 0) is 17.8 Å². The zero-order valence-electron chi connectivity index (χ0n) is 16.8. The van der Waals surface area contributed by atoms with Crippen LogP contribution in [0.25, 0.3) is 0 Å². The number of likely N-dealkylation sites (N-methyl/N-ethyl adjacent to an activating group) is 1. The topological polar surface area (TPSA) is 52.1 Å². The van der Waals surface area contributed by atoms with Gasteiger partial charge in [0.1, 0.15) is 0 Å². The summed E-state index contributed by atoms with van der Waals surface area (Å²) in [6.07, 6.45) is 0. The van der Waals surface area contributed by atoms with E-state index >= 15 is 0 Å². The fourth-order valence-electron chi connectivity index (χ4n) is 3.29. The first-order valence-electron chi connectivity index (χ1n) is 9.63. The van der Waals surface area contributed by atoms with Gasteiger partial charge < -0.3 is 20.3 Å². The lowest BCUT2D eigenvalue weighted by molar-refractivity contribution is 0.131. The molecule has 26 heavy (non-hydrogen) atoms. The molecule has 1 saturated heterocycles. The van der Waals surface area contributed by atoms with Gasteiger partial charge in [-0.25, -0.2) is 0 Å². The number of benzene rings is 1. The summed E-state index contributed by atoms with van der Waals surface area (Å²) in [4.78, 5) is 9.38. The van der Waals surface area contributed by atoms with Gasteiger partial charge in [0.05, 0.1) is 6.61 Å². The first-order valence-corrected chi connectivity index (χ1v) is 9.63. The molecular formula is C20H35N5O. The SMILES string of the molecule is CCN1CCN(Cc2ccccc2CNC(=NC)NC(C)COC)CC1. The highest BCUT2D eigenvalue weighted by Gasteiger charge is 2.16. The molecule has 1 atom stereocenters. The van der Waals surface area contributed by atoms with Gasteiger partial charge in [-0.1, -0.05) is 31.2 Å². The number of hydrogen-bond donors (Lipinski definition) is 2. The molecule has 0 spiro atoms. The van der Waals surface area contributed by atoms with Crippen LogP contribution in [0.5, 0.6) is 0 Å². The van der Waals surface area contributed by atoms with Crippen molar-refractivity contribution in [2.24, 2.45) is 4.99 Å². The Kier molecular flexibility index (Phi) is 8.88. The lowest BCUT2D eigenvalue weighted by Crippen LogP contribution is -2.46. The molecule has 0 aliphatic carbocycles. The van der Waals surface area contributed by atoms with Crippen molar-refractivity contribution >= 4 is 5.96 Å². The van der Waals surface area contributed by atoms with Crippen LogP contribution < -0.4 is 10.6 Å². The van der Waals surface area contributed by atoms with Crippen molar-refractivity contribution in [3.63, 3.8) is 0 Å². The fraction of sp³-hybridized carbons (Fsp3) is 0.650. The van der Waals surface area contributed by atoms with Crippen molar-refractivity contribution < 1.29 is 4.74 Å². The molecule has 6 heteroatoms. The Morgan fingerprint density at radius 3 is 2.42 bits per heavy atom. The fourth-order valence-corrected chi connectivity index (χ4v) is 3.29. The van der Waals surface area contributed by atoms with Gasteiger partial charge in [0.25, 0.3) is 0 Å². The van der Waals surface area contributed by atoms with Crippen molar-refractivity contribution in [2.75, 3.05) is 53.5 Å². The Labute approximate surface area is 158 Å². The number of aliphatic imine (C=N–C) groups is 1. The number of nitrogens with zero attached hydrogens (tertiary/aromatic N) is 3. The van der Waals surface area contributed by atoms with E-state index in [4.69, 9.17) is 4.74 Å². The van der Waals surface area contributed by atoms with E-state index in [-0.39, 0.29) is 6.04 Å². The highest BCUT2D eigenvalue weighted by atomic mass is 16.5. The predicted molar refractivity (Wildman–Crippen MR) is 109 cm³/mol. The molecule has 0 aromatic heterocycles. The lowest BCUT2D eigenvalue weighted by atomic mass is 10.1. The summed E-state index contributed by atoms with van der Waals surface area (Å²) in [6.45, 7) is 12.6. The summed E-state index contributed by atoms with van der Waals surface area (Å²) in [5.74, 6) is 0.806. The quantitative estimate of drug-likeness (QED) is 0.543. The summed E-state index contributed by atoms with van der Waals surface area (Å²) < 4.78 is 5.18. The molecule has 1 aromatic carbocycles. The average molecular weight is 362 g/mol. The number of ether oxygens (including phenoxy) is 1. The van der Waals surface area contributed by atoms with Gasteiger partial charge in [0.2, 0.25) is 0 Å². The van der Waals surface area contributed by atoms with Gasteiger partial charge in [-0.2, -0.15) is 0 Å². The molecule has 0 saturated carbocycles. The molecule has 1 unspecified atom stereocenters. The Hall–Kier alpha value is -1.63. The van der Waals surface area contributed by atoms with E-state index in [2.05, 4.69) is 63.5 Å². The van der Waals surface area contributed by atoms with Gasteiger partial charge in [0, 0.05) is 59.5 Å². The van der Waals surface area contributed by atoms with Crippen LogP contribution in [0.15, 0.2) is 29.3 Å². The minimum absolute atomic E-state index is 0.219. The third kappa shape index (κ3) is 6.59. The van der Waals surface area contributed by atoms with Crippen molar-refractivity contribution in [1.82, 2.24) is 20.4 Å². The number of methoxy groups -OCH3 is 1. The van der Waals surface area contributed by atoms with Gasteiger partial charge in [-0.3, -0.25) is 9.89 Å². The number of piperazine rings is 1. The molecule has 0 radical (unpaired) electrons. The molecular weight excluding hydrogens is 326 g/mol. The first kappa shape index (κ1) is 20.7. The van der Waals surface area contributed by atoms with E-state index in [0.29, 0.717) is 6.61 Å². The van der Waals surface area contributed by atoms with E-state index in [0.717, 1.165) is 38.7 Å². The number of nitrogens with one attached hydrogen (secondary N) is 2. The second-order valence-electron chi connectivity index (χ2n) is 6.91. The van der Waals surface area contributed by atoms with Crippen LogP contribution in [0.4, 0.5) is 0 Å². The van der Waals surface area contributed by atoms with Crippen LogP contribution in [-0.4, -0.2) is 75.3 Å². The second kappa shape index (κ2) is 11.2. The van der Waals surface area contributed by atoms with Crippen molar-refractivity contribution in [2.45, 2.75) is 33.0 Å². The summed E-state index contributed by atoms with van der Waals surface area (Å²) in [5, 5.41) is 6.77. The molecule has 1 aliphatic heterocycles. The normalized spacial score (nSPS) is 17.9. The first-order chi connectivity index (χ1) is 12.7. The highest BCUT2D eigenvalue weighted by molar-refractivity contribution is 5.79. The predicted octanol–water partition coefficient (Wildman–Crippen LogP) is 1.52. The maximum atomic E-state index is 5.18. The minimum atomic E-state index is 0.219. The average Bonchev–Trinajstić information content (AvgIpc) is 2.67. The van der Waals surface area contributed by atoms with Crippen LogP contribution in [0.2, 0.25) is 0 Å². The lowest BCUT2D eigenvalue weighted by Gasteiger charge is -2.34. The number of guanidine groups is 1. The Morgan fingerprint density at radius 1 is 1.15 bits per heavy atom. The maximum absolute atomic E-state index is 5.18. The van der Waals surface area contributed by atoms with Crippen molar-refractivity contribution in [3.8, 4) is 0 Å². The largest absolute Gasteiger partial charge is 0.383 e. The Bertz CT molecular complexity index is 555. The van der Waals surface area contributed by atoms with Gasteiger partial charge >= 0.3 is 0 Å². The monoisotopic (exact) mass is 361 g/mol. The molecule has 6 nitrogen and oxygen atoms in total. The van der Waals surface area contributed by atoms with Crippen LogP contribution in [0.1, 0.15) is 25.0 Å². The molecule has 1 heterocycles. The smallest absolute Gasteiger partial charge is 0.191 e. The zero-order valence-corrected chi connectivity index (χ0v) is 16.8. The molecule has 2 N–H and O–H groups in total. The Balaban J connectivity index is 1.90. The third-order valence-electron chi connectivity index (χ3n) is 4.89. The summed E-state index contributed by atoms with van der Waals surface area (Å²) in [5.41, 5.74) is 2.72. The van der Waals surface area contributed by atoms with E-state index in [9.17, 15) is 0 Å². The molecule has 0 bridgehead atoms. The van der Waals surface area contributed by atoms with Gasteiger partial charge in [0.15, 0.2) is 5.96 Å². The summed E-state index contributed by atoms with van der Waals surface area (Å²) in [6, 6.07) is 8.91. The summed E-state index contributed by atoms with van der Waals surface area (Å²) >= 11 is 0. The van der Waals surface area contributed by atoms with Crippen molar-refractivity contribution in [3.05, 3.63) is 35.4 Å². The van der Waals surface area contributed by atoms with Gasteiger partial charge in [-0.15, -0.1) is 0 Å². The van der Waals surface area contributed by atoms with E-state index in [1.54, 1.807) is 14.2 Å². The van der Waals surface area contributed by atoms with E-state index in [1.165, 1.54) is 24.2 Å². The van der Waals surface area contributed by atoms with Crippen LogP contribution in [0, 0.1) is 0 Å². The molecule has 2 rings (SSSR count). The minimum Gasteiger partial charge on any atom is -0.383 e. The zero-order chi connectivity index (χ0) is 18.8. The standard InChI is InChI=1S/C20H35N5O/c1-5-24-10-12-25(13-11-24)15-19-9-7-6-8-18(19)14-22-20(21-3)23-17(2)16-26-4/h6-9,17H,5,10-16H2,1-4H3,(H2,21,22,23). The van der Waals surface area contributed by atoms with Gasteiger partial charge in [-0.05, 0) is 24.6 Å². The number of hydrogen-bond acceptors (Lipinski definition) is 4.